The molecule has 1 aromatic rings. The zero-order valence-corrected chi connectivity index (χ0v) is 11.5. The Labute approximate surface area is 110 Å². The molecule has 1 N–H and O–H groups in total. The Hall–Kier alpha value is -1.67. The second-order valence-corrected chi connectivity index (χ2v) is 8.18. The molecule has 0 aromatic heterocycles. The third kappa shape index (κ3) is 2.69. The lowest BCUT2D eigenvalue weighted by molar-refractivity contribution is 0.0696. The van der Waals surface area contributed by atoms with Gasteiger partial charge in [0.05, 0.1) is 16.2 Å². The summed E-state index contributed by atoms with van der Waals surface area (Å²) in [5, 5.41) is 9.76. The van der Waals surface area contributed by atoms with Crippen LogP contribution in [0, 0.1) is 0 Å². The lowest BCUT2D eigenvalue weighted by atomic mass is 10.1. The van der Waals surface area contributed by atoms with E-state index in [-0.39, 0.29) is 21.6 Å². The van der Waals surface area contributed by atoms with Gasteiger partial charge in [-0.1, -0.05) is 0 Å². The summed E-state index contributed by atoms with van der Waals surface area (Å²) < 4.78 is 46.2. The van der Waals surface area contributed by atoms with E-state index in [9.17, 15) is 21.6 Å². The van der Waals surface area contributed by atoms with Gasteiger partial charge in [0, 0.05) is 11.7 Å². The molecule has 1 aliphatic rings. The Morgan fingerprint density at radius 2 is 1.95 bits per heavy atom. The maximum absolute atomic E-state index is 11.8. The standard InChI is InChI=1S/C11H10O6S2/c1-18(14,15)5-8-6-19(16,17)10-3-2-7(11(12)13)4-9(8)10/h2-4,6H,5H2,1H3,(H,12,13). The highest BCUT2D eigenvalue weighted by atomic mass is 32.2. The summed E-state index contributed by atoms with van der Waals surface area (Å²) in [6, 6.07) is 3.54. The van der Waals surface area contributed by atoms with E-state index in [4.69, 9.17) is 5.11 Å². The molecule has 0 bridgehead atoms. The zero-order valence-electron chi connectivity index (χ0n) is 9.82. The first-order valence-electron chi connectivity index (χ1n) is 5.11. The van der Waals surface area contributed by atoms with Crippen molar-refractivity contribution in [1.29, 1.82) is 0 Å². The number of rotatable bonds is 3. The Kier molecular flexibility index (Phi) is 3.02. The summed E-state index contributed by atoms with van der Waals surface area (Å²) in [5.41, 5.74) is 0.154. The smallest absolute Gasteiger partial charge is 0.335 e. The highest BCUT2D eigenvalue weighted by Crippen LogP contribution is 2.34. The Morgan fingerprint density at radius 1 is 1.32 bits per heavy atom. The van der Waals surface area contributed by atoms with Crippen LogP contribution in [0.25, 0.3) is 5.57 Å². The molecule has 0 spiro atoms. The Morgan fingerprint density at radius 3 is 2.47 bits per heavy atom. The van der Waals surface area contributed by atoms with Crippen LogP contribution in [-0.4, -0.2) is 39.9 Å². The van der Waals surface area contributed by atoms with E-state index in [0.717, 1.165) is 11.7 Å². The summed E-state index contributed by atoms with van der Waals surface area (Å²) in [4.78, 5) is 10.8. The number of aromatic carboxylic acids is 1. The maximum atomic E-state index is 11.8. The molecule has 1 aliphatic heterocycles. The second kappa shape index (κ2) is 4.17. The molecule has 8 heteroatoms. The molecular formula is C11H10O6S2. The van der Waals surface area contributed by atoms with Crippen molar-refractivity contribution in [1.82, 2.24) is 0 Å². The fourth-order valence-corrected chi connectivity index (χ4v) is 4.25. The predicted molar refractivity (Wildman–Crippen MR) is 68.3 cm³/mol. The molecule has 6 nitrogen and oxygen atoms in total. The minimum Gasteiger partial charge on any atom is -0.478 e. The average Bonchev–Trinajstić information content (AvgIpc) is 2.48. The van der Waals surface area contributed by atoms with Gasteiger partial charge in [0.25, 0.3) is 0 Å². The number of benzene rings is 1. The van der Waals surface area contributed by atoms with E-state index >= 15 is 0 Å². The van der Waals surface area contributed by atoms with Crippen molar-refractivity contribution in [3.63, 3.8) is 0 Å². The minimum atomic E-state index is -3.69. The minimum absolute atomic E-state index is 0.0591. The highest BCUT2D eigenvalue weighted by Gasteiger charge is 2.29. The van der Waals surface area contributed by atoms with Crippen molar-refractivity contribution in [3.8, 4) is 0 Å². The normalized spacial score (nSPS) is 16.8. The second-order valence-electron chi connectivity index (χ2n) is 4.27. The van der Waals surface area contributed by atoms with Crippen molar-refractivity contribution in [3.05, 3.63) is 34.7 Å². The van der Waals surface area contributed by atoms with Gasteiger partial charge in [0.15, 0.2) is 9.84 Å². The molecule has 0 unspecified atom stereocenters. The van der Waals surface area contributed by atoms with Crippen molar-refractivity contribution in [2.75, 3.05) is 12.0 Å². The van der Waals surface area contributed by atoms with Gasteiger partial charge in [-0.2, -0.15) is 0 Å². The van der Waals surface area contributed by atoms with Crippen LogP contribution in [0.5, 0.6) is 0 Å². The lowest BCUT2D eigenvalue weighted by Gasteiger charge is -2.04. The molecule has 19 heavy (non-hydrogen) atoms. The topological polar surface area (TPSA) is 106 Å². The number of carboxylic acid groups (broad SMARTS) is 1. The monoisotopic (exact) mass is 302 g/mol. The van der Waals surface area contributed by atoms with Crippen molar-refractivity contribution < 1.29 is 26.7 Å². The van der Waals surface area contributed by atoms with Gasteiger partial charge >= 0.3 is 5.97 Å². The van der Waals surface area contributed by atoms with Gasteiger partial charge in [-0.3, -0.25) is 0 Å². The van der Waals surface area contributed by atoms with Gasteiger partial charge in [-0.15, -0.1) is 0 Å². The van der Waals surface area contributed by atoms with Crippen LogP contribution in [0.4, 0.5) is 0 Å². The Bertz CT molecular complexity index is 800. The molecule has 0 amide bonds. The number of sulfone groups is 2. The number of hydrogen-bond acceptors (Lipinski definition) is 5. The molecule has 0 saturated heterocycles. The molecule has 1 heterocycles. The lowest BCUT2D eigenvalue weighted by Crippen LogP contribution is -2.05. The third-order valence-corrected chi connectivity index (χ3v) is 4.99. The molecule has 2 rings (SSSR count). The molecule has 1 aromatic carbocycles. The van der Waals surface area contributed by atoms with Gasteiger partial charge in [0.2, 0.25) is 9.84 Å². The fraction of sp³-hybridized carbons (Fsp3) is 0.182. The van der Waals surface area contributed by atoms with Crippen LogP contribution in [0.15, 0.2) is 28.5 Å². The van der Waals surface area contributed by atoms with E-state index < -0.39 is 31.4 Å². The number of carboxylic acids is 1. The van der Waals surface area contributed by atoms with E-state index in [1.165, 1.54) is 18.2 Å². The molecule has 0 aliphatic carbocycles. The quantitative estimate of drug-likeness (QED) is 0.874. The summed E-state index contributed by atoms with van der Waals surface area (Å²) in [6.07, 6.45) is 0.986. The fourth-order valence-electron chi connectivity index (χ4n) is 1.87. The first-order valence-corrected chi connectivity index (χ1v) is 8.72. The Balaban J connectivity index is 2.64. The van der Waals surface area contributed by atoms with Crippen LogP contribution in [0.2, 0.25) is 0 Å². The summed E-state index contributed by atoms with van der Waals surface area (Å²) in [7, 11) is -7.10. The maximum Gasteiger partial charge on any atom is 0.335 e. The predicted octanol–water partition coefficient (Wildman–Crippen LogP) is 0.558. The van der Waals surface area contributed by atoms with Crippen LogP contribution < -0.4 is 0 Å². The van der Waals surface area contributed by atoms with Crippen LogP contribution in [0.1, 0.15) is 15.9 Å². The van der Waals surface area contributed by atoms with E-state index in [2.05, 4.69) is 0 Å². The van der Waals surface area contributed by atoms with E-state index in [1.807, 2.05) is 0 Å². The first-order chi connectivity index (χ1) is 8.60. The zero-order chi connectivity index (χ0) is 14.4. The van der Waals surface area contributed by atoms with Crippen LogP contribution in [0.3, 0.4) is 0 Å². The third-order valence-electron chi connectivity index (χ3n) is 2.59. The van der Waals surface area contributed by atoms with Crippen molar-refractivity contribution in [2.24, 2.45) is 0 Å². The first kappa shape index (κ1) is 13.8. The molecule has 0 atom stereocenters. The number of hydrogen-bond donors (Lipinski definition) is 1. The summed E-state index contributed by atoms with van der Waals surface area (Å²) in [5.74, 6) is -1.65. The largest absolute Gasteiger partial charge is 0.478 e. The summed E-state index contributed by atoms with van der Waals surface area (Å²) >= 11 is 0. The molecular weight excluding hydrogens is 292 g/mol. The number of carbonyl (C=O) groups is 1. The molecule has 102 valence electrons. The van der Waals surface area contributed by atoms with Crippen LogP contribution >= 0.6 is 0 Å². The molecule has 0 fully saturated rings. The van der Waals surface area contributed by atoms with Crippen molar-refractivity contribution in [2.45, 2.75) is 4.90 Å². The highest BCUT2D eigenvalue weighted by molar-refractivity contribution is 7.95. The van der Waals surface area contributed by atoms with Crippen LogP contribution in [-0.2, 0) is 19.7 Å². The van der Waals surface area contributed by atoms with Crippen molar-refractivity contribution >= 4 is 31.2 Å². The summed E-state index contributed by atoms with van der Waals surface area (Å²) in [6.45, 7) is 0. The van der Waals surface area contributed by atoms with Gasteiger partial charge in [0.1, 0.15) is 0 Å². The van der Waals surface area contributed by atoms with E-state index in [1.54, 1.807) is 0 Å². The molecule has 0 radical (unpaired) electrons. The van der Waals surface area contributed by atoms with Gasteiger partial charge in [-0.25, -0.2) is 21.6 Å². The number of fused-ring (bicyclic) bond motifs is 1. The van der Waals surface area contributed by atoms with Gasteiger partial charge < -0.3 is 5.11 Å². The molecule has 0 saturated carbocycles. The van der Waals surface area contributed by atoms with E-state index in [0.29, 0.717) is 0 Å². The SMILES string of the molecule is CS(=O)(=O)CC1=CS(=O)(=O)c2ccc(C(=O)O)cc21. The van der Waals surface area contributed by atoms with Gasteiger partial charge in [-0.05, 0) is 29.3 Å². The average molecular weight is 302 g/mol.